The molecule has 204 valence electrons. The summed E-state index contributed by atoms with van der Waals surface area (Å²) in [5, 5.41) is 36.5. The molecule has 0 saturated heterocycles. The molecule has 0 saturated carbocycles. The molecule has 5 atom stereocenters. The number of fused-ring (bicyclic) bond motifs is 1. The van der Waals surface area contributed by atoms with E-state index in [2.05, 4.69) is 30.9 Å². The van der Waals surface area contributed by atoms with Crippen LogP contribution in [0.2, 0.25) is 0 Å². The minimum Gasteiger partial charge on any atom is -0.480 e. The van der Waals surface area contributed by atoms with Crippen LogP contribution in [-0.4, -0.2) is 90.8 Å². The maximum Gasteiger partial charge on any atom is 0.328 e. The van der Waals surface area contributed by atoms with Crippen LogP contribution < -0.4 is 21.7 Å². The molecule has 5 unspecified atom stereocenters. The molecular weight excluding hydrogens is 498 g/mol. The highest BCUT2D eigenvalue weighted by molar-refractivity contribution is 5.95. The summed E-state index contributed by atoms with van der Waals surface area (Å²) in [5.74, 6) is -3.85. The number of nitrogens with two attached hydrogens (primary N) is 1. The Balaban J connectivity index is 1.88. The number of hydrogen-bond acceptors (Lipinski definition) is 8. The first-order chi connectivity index (χ1) is 18.1. The number of rotatable bonds is 13. The van der Waals surface area contributed by atoms with Gasteiger partial charge in [0.1, 0.15) is 18.1 Å². The quantitative estimate of drug-likeness (QED) is 0.118. The van der Waals surface area contributed by atoms with Gasteiger partial charge in [-0.2, -0.15) is 0 Å². The van der Waals surface area contributed by atoms with E-state index >= 15 is 0 Å². The number of para-hydroxylation sites is 1. The van der Waals surface area contributed by atoms with E-state index in [1.54, 1.807) is 6.20 Å². The van der Waals surface area contributed by atoms with Crippen LogP contribution in [0, 0.1) is 0 Å². The van der Waals surface area contributed by atoms with Crippen molar-refractivity contribution >= 4 is 34.6 Å². The monoisotopic (exact) mass is 529 g/mol. The number of aromatic amines is 2. The molecule has 3 rings (SSSR count). The second-order valence-corrected chi connectivity index (χ2v) is 8.82. The van der Waals surface area contributed by atoms with Crippen molar-refractivity contribution in [2.45, 2.75) is 50.0 Å². The second kappa shape index (κ2) is 12.8. The van der Waals surface area contributed by atoms with Crippen LogP contribution in [0.5, 0.6) is 0 Å². The first-order valence-electron chi connectivity index (χ1n) is 11.8. The molecule has 2 heterocycles. The highest BCUT2D eigenvalue weighted by Gasteiger charge is 2.32. The summed E-state index contributed by atoms with van der Waals surface area (Å²) in [7, 11) is 0. The molecule has 0 fully saturated rings. The summed E-state index contributed by atoms with van der Waals surface area (Å²) in [4.78, 5) is 60.3. The molecular formula is C24H31N7O7. The summed E-state index contributed by atoms with van der Waals surface area (Å²) >= 11 is 0. The largest absolute Gasteiger partial charge is 0.480 e. The smallest absolute Gasteiger partial charge is 0.328 e. The van der Waals surface area contributed by atoms with Crippen molar-refractivity contribution in [2.24, 2.45) is 5.73 Å². The van der Waals surface area contributed by atoms with Gasteiger partial charge in [-0.3, -0.25) is 14.4 Å². The average Bonchev–Trinajstić information content (AvgIpc) is 3.55. The normalized spacial score (nSPS) is 15.2. The number of amides is 3. The Labute approximate surface area is 217 Å². The Morgan fingerprint density at radius 3 is 2.29 bits per heavy atom. The lowest BCUT2D eigenvalue weighted by Gasteiger charge is -2.25. The number of H-pyrrole nitrogens is 2. The molecule has 0 radical (unpaired) electrons. The van der Waals surface area contributed by atoms with Gasteiger partial charge < -0.3 is 47.0 Å². The number of carbonyl (C=O) groups excluding carboxylic acids is 3. The van der Waals surface area contributed by atoms with Gasteiger partial charge in [0.15, 0.2) is 6.04 Å². The third kappa shape index (κ3) is 7.15. The second-order valence-electron chi connectivity index (χ2n) is 8.82. The van der Waals surface area contributed by atoms with Crippen molar-refractivity contribution in [3.63, 3.8) is 0 Å². The molecule has 10 N–H and O–H groups in total. The fraction of sp³-hybridized carbons (Fsp3) is 0.375. The van der Waals surface area contributed by atoms with Crippen LogP contribution in [-0.2, 0) is 32.0 Å². The number of aliphatic hydroxyl groups excluding tert-OH is 2. The summed E-state index contributed by atoms with van der Waals surface area (Å²) in [6.07, 6.45) is 3.03. The van der Waals surface area contributed by atoms with E-state index in [1.165, 1.54) is 19.4 Å². The zero-order valence-electron chi connectivity index (χ0n) is 20.5. The number of aliphatic hydroxyl groups is 2. The number of carbonyl (C=O) groups is 4. The maximum absolute atomic E-state index is 13.4. The van der Waals surface area contributed by atoms with Crippen molar-refractivity contribution in [1.29, 1.82) is 0 Å². The predicted octanol–water partition coefficient (Wildman–Crippen LogP) is -2.08. The SMILES string of the molecule is CC(O)C(NC(=O)C(Cc1c[nH]c2ccccc12)NC(=O)C(Cc1cnc[nH]1)NC(=O)C(N)CO)C(=O)O. The van der Waals surface area contributed by atoms with Crippen LogP contribution in [0.1, 0.15) is 18.2 Å². The molecule has 0 bridgehead atoms. The Hall–Kier alpha value is -4.27. The van der Waals surface area contributed by atoms with Gasteiger partial charge in [0.05, 0.1) is 19.0 Å². The first kappa shape index (κ1) is 28.3. The number of carboxylic acids is 1. The van der Waals surface area contributed by atoms with Crippen LogP contribution in [0.4, 0.5) is 0 Å². The topological polar surface area (TPSA) is 236 Å². The lowest BCUT2D eigenvalue weighted by Crippen LogP contribution is -2.59. The molecule has 38 heavy (non-hydrogen) atoms. The minimum atomic E-state index is -1.62. The summed E-state index contributed by atoms with van der Waals surface area (Å²) in [6.45, 7) is 0.568. The number of carboxylic acid groups (broad SMARTS) is 1. The molecule has 0 aliphatic carbocycles. The Kier molecular flexibility index (Phi) is 9.54. The van der Waals surface area contributed by atoms with E-state index in [0.717, 1.165) is 10.9 Å². The molecule has 2 aromatic heterocycles. The van der Waals surface area contributed by atoms with E-state index in [-0.39, 0.29) is 12.8 Å². The van der Waals surface area contributed by atoms with Crippen LogP contribution in [0.3, 0.4) is 0 Å². The lowest BCUT2D eigenvalue weighted by molar-refractivity contribution is -0.145. The number of benzene rings is 1. The van der Waals surface area contributed by atoms with Gasteiger partial charge in [-0.15, -0.1) is 0 Å². The third-order valence-electron chi connectivity index (χ3n) is 5.92. The van der Waals surface area contributed by atoms with E-state index in [1.807, 2.05) is 24.3 Å². The zero-order valence-corrected chi connectivity index (χ0v) is 20.5. The van der Waals surface area contributed by atoms with Gasteiger partial charge in [0.2, 0.25) is 17.7 Å². The molecule has 1 aromatic carbocycles. The van der Waals surface area contributed by atoms with Crippen molar-refractivity contribution in [1.82, 2.24) is 30.9 Å². The molecule has 14 heteroatoms. The Morgan fingerprint density at radius 2 is 1.66 bits per heavy atom. The fourth-order valence-electron chi connectivity index (χ4n) is 3.83. The number of nitrogens with zero attached hydrogens (tertiary/aromatic N) is 1. The van der Waals surface area contributed by atoms with Crippen LogP contribution in [0.25, 0.3) is 10.9 Å². The molecule has 0 spiro atoms. The highest BCUT2D eigenvalue weighted by atomic mass is 16.4. The molecule has 3 aromatic rings. The molecule has 0 aliphatic heterocycles. The summed E-state index contributed by atoms with van der Waals surface area (Å²) < 4.78 is 0. The summed E-state index contributed by atoms with van der Waals surface area (Å²) in [6, 6.07) is 1.90. The third-order valence-corrected chi connectivity index (χ3v) is 5.92. The van der Waals surface area contributed by atoms with Gasteiger partial charge in [-0.25, -0.2) is 9.78 Å². The number of aromatic nitrogens is 3. The highest BCUT2D eigenvalue weighted by Crippen LogP contribution is 2.19. The number of nitrogens with one attached hydrogen (secondary N) is 5. The van der Waals surface area contributed by atoms with Crippen molar-refractivity contribution in [3.8, 4) is 0 Å². The summed E-state index contributed by atoms with van der Waals surface area (Å²) in [5.41, 5.74) is 7.54. The number of hydrogen-bond donors (Lipinski definition) is 9. The lowest BCUT2D eigenvalue weighted by atomic mass is 10.0. The predicted molar refractivity (Wildman–Crippen MR) is 134 cm³/mol. The van der Waals surface area contributed by atoms with Crippen LogP contribution in [0.15, 0.2) is 43.0 Å². The number of imidazole rings is 1. The Bertz CT molecular complexity index is 1260. The van der Waals surface area contributed by atoms with E-state index in [9.17, 15) is 34.5 Å². The van der Waals surface area contributed by atoms with Crippen molar-refractivity contribution < 1.29 is 34.5 Å². The number of aliphatic carboxylic acids is 1. The molecule has 14 nitrogen and oxygen atoms in total. The van der Waals surface area contributed by atoms with Gasteiger partial charge in [-0.1, -0.05) is 18.2 Å². The van der Waals surface area contributed by atoms with E-state index in [4.69, 9.17) is 5.73 Å². The Morgan fingerprint density at radius 1 is 1.00 bits per heavy atom. The van der Waals surface area contributed by atoms with Gasteiger partial charge in [0.25, 0.3) is 0 Å². The van der Waals surface area contributed by atoms with E-state index in [0.29, 0.717) is 11.3 Å². The van der Waals surface area contributed by atoms with E-state index < -0.39 is 60.6 Å². The molecule has 3 amide bonds. The molecule has 0 aliphatic rings. The average molecular weight is 530 g/mol. The fourth-order valence-corrected chi connectivity index (χ4v) is 3.83. The van der Waals surface area contributed by atoms with Gasteiger partial charge in [-0.05, 0) is 18.6 Å². The van der Waals surface area contributed by atoms with Gasteiger partial charge in [0, 0.05) is 41.8 Å². The standard InChI is InChI=1S/C24H31N7O7/c1-12(33)20(24(37)38)31-23(36)18(6-13-8-27-17-5-3-2-4-15(13)17)30-22(35)19(7-14-9-26-11-28-14)29-21(34)16(25)10-32/h2-5,8-9,11-12,16,18-20,27,32-33H,6-7,10,25H2,1H3,(H,26,28)(H,29,34)(H,30,35)(H,31,36)(H,37,38). The first-order valence-corrected chi connectivity index (χ1v) is 11.8. The van der Waals surface area contributed by atoms with Crippen molar-refractivity contribution in [2.75, 3.05) is 6.61 Å². The maximum atomic E-state index is 13.4. The van der Waals surface area contributed by atoms with Crippen LogP contribution >= 0.6 is 0 Å². The van der Waals surface area contributed by atoms with Gasteiger partial charge >= 0.3 is 5.97 Å². The van der Waals surface area contributed by atoms with Crippen molar-refractivity contribution in [3.05, 3.63) is 54.2 Å². The zero-order chi connectivity index (χ0) is 27.8. The minimum absolute atomic E-state index is 0.0331.